The number of nitrogens with zero attached hydrogens (tertiary/aromatic N) is 1. The number of fused-ring (bicyclic) bond motifs is 10. The maximum atomic E-state index is 6.91. The first-order valence-corrected chi connectivity index (χ1v) is 22.1. The van der Waals surface area contributed by atoms with Crippen molar-refractivity contribution in [2.24, 2.45) is 0 Å². The molecule has 0 N–H and O–H groups in total. The van der Waals surface area contributed by atoms with Crippen molar-refractivity contribution in [1.29, 1.82) is 0 Å². The molecule has 16 rings (SSSR count). The van der Waals surface area contributed by atoms with Crippen molar-refractivity contribution in [3.05, 3.63) is 245 Å². The SMILES string of the molecule is CC12c3ccc4c(c3)-c3ccccc3C43c4ccccc4-c4ccc(cc43)N(c3c(-c4ccccc4)ccc4oc5cc6ccccc6cc5c34)c3ccc(c1c3)-c1ccccc12. The van der Waals surface area contributed by atoms with E-state index in [2.05, 4.69) is 218 Å². The Morgan fingerprint density at radius 2 is 0.937 bits per heavy atom. The van der Waals surface area contributed by atoms with Gasteiger partial charge < -0.3 is 9.32 Å². The van der Waals surface area contributed by atoms with Crippen molar-refractivity contribution in [2.75, 3.05) is 4.90 Å². The quantitative estimate of drug-likeness (QED) is 0.173. The molecule has 11 aromatic rings. The minimum absolute atomic E-state index is 0.422. The molecule has 3 aliphatic carbocycles. The number of rotatable bonds is 2. The zero-order valence-corrected chi connectivity index (χ0v) is 34.5. The van der Waals surface area contributed by atoms with Crippen molar-refractivity contribution in [1.82, 2.24) is 0 Å². The van der Waals surface area contributed by atoms with Crippen molar-refractivity contribution < 1.29 is 4.42 Å². The molecule has 63 heavy (non-hydrogen) atoms. The van der Waals surface area contributed by atoms with Crippen LogP contribution in [0.25, 0.3) is 77.2 Å². The van der Waals surface area contributed by atoms with Gasteiger partial charge in [0.25, 0.3) is 0 Å². The minimum Gasteiger partial charge on any atom is -0.456 e. The Bertz CT molecular complexity index is 3840. The Labute approximate surface area is 365 Å². The molecular weight excluding hydrogens is 763 g/mol. The summed E-state index contributed by atoms with van der Waals surface area (Å²) in [7, 11) is 0. The van der Waals surface area contributed by atoms with E-state index in [-0.39, 0.29) is 0 Å². The van der Waals surface area contributed by atoms with Gasteiger partial charge in [0.1, 0.15) is 11.2 Å². The van der Waals surface area contributed by atoms with Gasteiger partial charge in [0, 0.05) is 27.7 Å². The molecular formula is C61H37NO. The molecule has 2 nitrogen and oxygen atoms in total. The maximum Gasteiger partial charge on any atom is 0.137 e. The highest BCUT2D eigenvalue weighted by Crippen LogP contribution is 2.65. The van der Waals surface area contributed by atoms with E-state index >= 15 is 0 Å². The van der Waals surface area contributed by atoms with Crippen LogP contribution >= 0.6 is 0 Å². The fourth-order valence-corrected chi connectivity index (χ4v) is 12.5. The molecule has 3 heterocycles. The van der Waals surface area contributed by atoms with E-state index in [1.165, 1.54) is 83.1 Å². The molecule has 2 atom stereocenters. The van der Waals surface area contributed by atoms with Crippen molar-refractivity contribution in [2.45, 2.75) is 17.8 Å². The number of benzene rings is 10. The van der Waals surface area contributed by atoms with Gasteiger partial charge in [0.05, 0.1) is 16.5 Å². The first kappa shape index (κ1) is 33.7. The highest BCUT2D eigenvalue weighted by Gasteiger charge is 2.53. The smallest absolute Gasteiger partial charge is 0.137 e. The van der Waals surface area contributed by atoms with E-state index in [0.29, 0.717) is 0 Å². The Morgan fingerprint density at radius 1 is 0.381 bits per heavy atom. The van der Waals surface area contributed by atoms with Crippen LogP contribution in [0.3, 0.4) is 0 Å². The molecule has 2 aliphatic heterocycles. The molecule has 5 aliphatic rings. The number of hydrogen-bond donors (Lipinski definition) is 0. The highest BCUT2D eigenvalue weighted by atomic mass is 16.3. The lowest BCUT2D eigenvalue weighted by atomic mass is 9.69. The van der Waals surface area contributed by atoms with Gasteiger partial charge >= 0.3 is 0 Å². The number of anilines is 3. The molecule has 10 aromatic carbocycles. The van der Waals surface area contributed by atoms with Crippen LogP contribution in [0.1, 0.15) is 45.9 Å². The first-order chi connectivity index (χ1) is 31.1. The monoisotopic (exact) mass is 799 g/mol. The molecule has 0 saturated heterocycles. The molecule has 8 bridgehead atoms. The molecule has 292 valence electrons. The molecule has 0 amide bonds. The van der Waals surface area contributed by atoms with Crippen molar-refractivity contribution in [3.8, 4) is 44.5 Å². The third-order valence-electron chi connectivity index (χ3n) is 15.2. The zero-order chi connectivity index (χ0) is 41.2. The second-order valence-electron chi connectivity index (χ2n) is 18.1. The van der Waals surface area contributed by atoms with Crippen LogP contribution in [0.2, 0.25) is 0 Å². The summed E-state index contributed by atoms with van der Waals surface area (Å²) in [5.41, 5.74) is 23.6. The Hall–Kier alpha value is -7.94. The third kappa shape index (κ3) is 4.06. The minimum atomic E-state index is -0.500. The maximum absolute atomic E-state index is 6.91. The average molecular weight is 800 g/mol. The summed E-state index contributed by atoms with van der Waals surface area (Å²) in [4.78, 5) is 2.56. The van der Waals surface area contributed by atoms with E-state index < -0.39 is 10.8 Å². The average Bonchev–Trinajstić information content (AvgIpc) is 4.03. The van der Waals surface area contributed by atoms with E-state index in [1.807, 2.05) is 0 Å². The van der Waals surface area contributed by atoms with Crippen LogP contribution in [0, 0.1) is 0 Å². The standard InChI is InChI=1S/C61H37NO/c1-60-39-23-29-53-48(33-39)45-19-9-12-22-52(45)61(53)51-21-11-8-18-44(51)47-27-25-41(35-55(47)61)62(40-24-26-46(54(60)34-40)43-17-7-10-20-50(43)60)59-42(36-13-3-2-4-14-36)28-30-56-58(59)49-31-37-15-5-6-16-38(37)32-57(49)63-56/h2-35H,1H3. The molecule has 1 spiro atoms. The molecule has 2 heteroatoms. The van der Waals surface area contributed by atoms with E-state index in [0.717, 1.165) is 50.1 Å². The van der Waals surface area contributed by atoms with Gasteiger partial charge in [-0.15, -0.1) is 0 Å². The first-order valence-electron chi connectivity index (χ1n) is 22.1. The van der Waals surface area contributed by atoms with Gasteiger partial charge in [-0.1, -0.05) is 152 Å². The summed E-state index contributed by atoms with van der Waals surface area (Å²) < 4.78 is 6.91. The Balaban J connectivity index is 1.15. The summed E-state index contributed by atoms with van der Waals surface area (Å²) in [6.45, 7) is 2.46. The third-order valence-corrected chi connectivity index (χ3v) is 15.2. The van der Waals surface area contributed by atoms with Gasteiger partial charge in [0.2, 0.25) is 0 Å². The van der Waals surface area contributed by atoms with Crippen LogP contribution in [0.4, 0.5) is 17.1 Å². The molecule has 0 saturated carbocycles. The van der Waals surface area contributed by atoms with Crippen LogP contribution in [-0.2, 0) is 10.8 Å². The van der Waals surface area contributed by atoms with Gasteiger partial charge in [-0.2, -0.15) is 0 Å². The summed E-state index contributed by atoms with van der Waals surface area (Å²) in [6, 6.07) is 77.9. The normalized spacial score (nSPS) is 18.0. The Morgan fingerprint density at radius 3 is 1.68 bits per heavy atom. The molecule has 2 unspecified atom stereocenters. The second kappa shape index (κ2) is 11.7. The lowest BCUT2D eigenvalue weighted by Crippen LogP contribution is -2.26. The number of hydrogen-bond acceptors (Lipinski definition) is 2. The van der Waals surface area contributed by atoms with Crippen LogP contribution in [0.5, 0.6) is 0 Å². The predicted molar refractivity (Wildman–Crippen MR) is 259 cm³/mol. The van der Waals surface area contributed by atoms with Crippen LogP contribution in [0.15, 0.2) is 211 Å². The van der Waals surface area contributed by atoms with Gasteiger partial charge in [-0.25, -0.2) is 0 Å². The van der Waals surface area contributed by atoms with E-state index in [9.17, 15) is 0 Å². The van der Waals surface area contributed by atoms with Gasteiger partial charge in [-0.3, -0.25) is 0 Å². The molecule has 1 aromatic heterocycles. The van der Waals surface area contributed by atoms with E-state index in [4.69, 9.17) is 4.42 Å². The zero-order valence-electron chi connectivity index (χ0n) is 34.5. The molecule has 0 fully saturated rings. The number of furan rings is 1. The fourth-order valence-electron chi connectivity index (χ4n) is 12.5. The largest absolute Gasteiger partial charge is 0.456 e. The lowest BCUT2D eigenvalue weighted by molar-refractivity contribution is 0.669. The van der Waals surface area contributed by atoms with Gasteiger partial charge in [0.15, 0.2) is 0 Å². The predicted octanol–water partition coefficient (Wildman–Crippen LogP) is 15.9. The lowest BCUT2D eigenvalue weighted by Gasteiger charge is -2.33. The highest BCUT2D eigenvalue weighted by molar-refractivity contribution is 6.19. The Kier molecular flexibility index (Phi) is 6.27. The van der Waals surface area contributed by atoms with Crippen LogP contribution < -0.4 is 4.90 Å². The van der Waals surface area contributed by atoms with Crippen molar-refractivity contribution in [3.63, 3.8) is 0 Å². The molecule has 0 radical (unpaired) electrons. The summed E-state index contributed by atoms with van der Waals surface area (Å²) >= 11 is 0. The van der Waals surface area contributed by atoms with Crippen molar-refractivity contribution >= 4 is 49.8 Å². The summed E-state index contributed by atoms with van der Waals surface area (Å²) in [6.07, 6.45) is 0. The second-order valence-corrected chi connectivity index (χ2v) is 18.1. The van der Waals surface area contributed by atoms with E-state index in [1.54, 1.807) is 0 Å². The van der Waals surface area contributed by atoms with Crippen LogP contribution in [-0.4, -0.2) is 0 Å². The summed E-state index contributed by atoms with van der Waals surface area (Å²) in [5.74, 6) is 0. The van der Waals surface area contributed by atoms with Gasteiger partial charge in [-0.05, 0) is 150 Å². The topological polar surface area (TPSA) is 16.4 Å². The fraction of sp³-hybridized carbons (Fsp3) is 0.0492. The summed E-state index contributed by atoms with van der Waals surface area (Å²) in [5, 5.41) is 4.57.